The van der Waals surface area contributed by atoms with Crippen molar-refractivity contribution in [3.05, 3.63) is 58.5 Å². The Morgan fingerprint density at radius 2 is 1.94 bits per heavy atom. The molecule has 10 heteroatoms. The van der Waals surface area contributed by atoms with Crippen molar-refractivity contribution in [3.63, 3.8) is 0 Å². The standard InChI is InChI=1S/C22H24FN3O5S/c1-6-29-21(28)17-11(2)18(24-12(17)3)19(27)14(5)32-22-26-25-20(31-22)13(4)30-16-10-8-7-9-15(16)23/h7-10,13-14,24H,6H2,1-5H3/t13-,14+/m0/s1. The summed E-state index contributed by atoms with van der Waals surface area (Å²) in [6.45, 7) is 8.75. The number of ketones is 1. The van der Waals surface area contributed by atoms with Crippen LogP contribution in [-0.4, -0.2) is 38.8 Å². The van der Waals surface area contributed by atoms with Crippen molar-refractivity contribution < 1.29 is 27.9 Å². The summed E-state index contributed by atoms with van der Waals surface area (Å²) >= 11 is 1.08. The van der Waals surface area contributed by atoms with Gasteiger partial charge in [-0.1, -0.05) is 23.9 Å². The van der Waals surface area contributed by atoms with E-state index in [0.29, 0.717) is 22.5 Å². The van der Waals surface area contributed by atoms with Crippen molar-refractivity contribution in [3.8, 4) is 5.75 Å². The number of aryl methyl sites for hydroxylation is 1. The minimum absolute atomic E-state index is 0.0749. The second kappa shape index (κ2) is 9.99. The highest BCUT2D eigenvalue weighted by Crippen LogP contribution is 2.30. The van der Waals surface area contributed by atoms with Crippen LogP contribution in [0.5, 0.6) is 5.75 Å². The fourth-order valence-electron chi connectivity index (χ4n) is 3.13. The van der Waals surface area contributed by atoms with Crippen LogP contribution in [-0.2, 0) is 4.74 Å². The number of ether oxygens (including phenoxy) is 2. The van der Waals surface area contributed by atoms with E-state index in [9.17, 15) is 14.0 Å². The predicted molar refractivity (Wildman–Crippen MR) is 116 cm³/mol. The molecular weight excluding hydrogens is 437 g/mol. The van der Waals surface area contributed by atoms with Gasteiger partial charge in [-0.05, 0) is 52.3 Å². The molecular formula is C22H24FN3O5S. The molecule has 1 N–H and O–H groups in total. The lowest BCUT2D eigenvalue weighted by molar-refractivity contribution is 0.0525. The molecule has 3 aromatic rings. The molecule has 0 aliphatic carbocycles. The average molecular weight is 462 g/mol. The number of esters is 1. The Bertz CT molecular complexity index is 1130. The van der Waals surface area contributed by atoms with Crippen LogP contribution >= 0.6 is 11.8 Å². The number of H-pyrrole nitrogens is 1. The topological polar surface area (TPSA) is 107 Å². The van der Waals surface area contributed by atoms with Crippen LogP contribution in [0.3, 0.4) is 0 Å². The Labute approximate surface area is 188 Å². The van der Waals surface area contributed by atoms with E-state index in [0.717, 1.165) is 11.8 Å². The number of thioether (sulfide) groups is 1. The van der Waals surface area contributed by atoms with Gasteiger partial charge in [0.2, 0.25) is 0 Å². The van der Waals surface area contributed by atoms with Crippen molar-refractivity contribution >= 4 is 23.5 Å². The molecule has 0 bridgehead atoms. The molecule has 3 rings (SSSR count). The maximum atomic E-state index is 13.8. The minimum Gasteiger partial charge on any atom is -0.478 e. The molecule has 32 heavy (non-hydrogen) atoms. The van der Waals surface area contributed by atoms with E-state index >= 15 is 0 Å². The molecule has 2 aromatic heterocycles. The Kier molecular flexibility index (Phi) is 7.34. The first-order chi connectivity index (χ1) is 15.2. The van der Waals surface area contributed by atoms with E-state index in [1.165, 1.54) is 12.1 Å². The number of carbonyl (C=O) groups is 2. The van der Waals surface area contributed by atoms with E-state index in [2.05, 4.69) is 15.2 Å². The highest BCUT2D eigenvalue weighted by Gasteiger charge is 2.28. The summed E-state index contributed by atoms with van der Waals surface area (Å²) < 4.78 is 30.0. The zero-order chi connectivity index (χ0) is 23.4. The summed E-state index contributed by atoms with van der Waals surface area (Å²) in [4.78, 5) is 28.1. The number of aromatic nitrogens is 3. The summed E-state index contributed by atoms with van der Waals surface area (Å²) in [5.41, 5.74) is 1.81. The summed E-state index contributed by atoms with van der Waals surface area (Å²) in [5, 5.41) is 7.50. The van der Waals surface area contributed by atoms with Gasteiger partial charge in [-0.15, -0.1) is 10.2 Å². The number of rotatable bonds is 9. The smallest absolute Gasteiger partial charge is 0.340 e. The third kappa shape index (κ3) is 5.01. The molecule has 1 aromatic carbocycles. The fraction of sp³-hybridized carbons (Fsp3) is 0.364. The monoisotopic (exact) mass is 461 g/mol. The highest BCUT2D eigenvalue weighted by molar-refractivity contribution is 8.00. The lowest BCUT2D eigenvalue weighted by Crippen LogP contribution is -2.15. The molecule has 0 aliphatic heterocycles. The van der Waals surface area contributed by atoms with Crippen LogP contribution in [0.4, 0.5) is 4.39 Å². The Morgan fingerprint density at radius 1 is 1.22 bits per heavy atom. The Hall–Kier alpha value is -3.14. The Balaban J connectivity index is 1.69. The molecule has 0 saturated heterocycles. The van der Waals surface area contributed by atoms with Crippen LogP contribution < -0.4 is 4.74 Å². The Morgan fingerprint density at radius 3 is 2.62 bits per heavy atom. The summed E-state index contributed by atoms with van der Waals surface area (Å²) in [6.07, 6.45) is -0.680. The molecule has 0 spiro atoms. The number of Topliss-reactive ketones (excluding diaryl/α,β-unsaturated/α-hetero) is 1. The predicted octanol–water partition coefficient (Wildman–Crippen LogP) is 4.83. The zero-order valence-electron chi connectivity index (χ0n) is 18.4. The number of hydrogen-bond donors (Lipinski definition) is 1. The van der Waals surface area contributed by atoms with Gasteiger partial charge in [-0.3, -0.25) is 4.79 Å². The van der Waals surface area contributed by atoms with Crippen molar-refractivity contribution in [2.24, 2.45) is 0 Å². The van der Waals surface area contributed by atoms with Crippen LogP contribution in [0, 0.1) is 19.7 Å². The van der Waals surface area contributed by atoms with E-state index < -0.39 is 23.1 Å². The van der Waals surface area contributed by atoms with Crippen LogP contribution in [0.1, 0.15) is 64.9 Å². The SMILES string of the molecule is CCOC(=O)c1c(C)[nH]c(C(=O)[C@@H](C)Sc2nnc([C@H](C)Oc3ccccc3F)o2)c1C. The van der Waals surface area contributed by atoms with Gasteiger partial charge in [0, 0.05) is 5.69 Å². The number of carbonyl (C=O) groups excluding carboxylic acids is 2. The molecule has 0 radical (unpaired) electrons. The number of para-hydroxylation sites is 1. The van der Waals surface area contributed by atoms with Crippen molar-refractivity contribution in [1.29, 1.82) is 0 Å². The molecule has 2 atom stereocenters. The molecule has 0 unspecified atom stereocenters. The van der Waals surface area contributed by atoms with Gasteiger partial charge < -0.3 is 18.9 Å². The van der Waals surface area contributed by atoms with Crippen LogP contribution in [0.15, 0.2) is 33.9 Å². The quantitative estimate of drug-likeness (QED) is 0.274. The lowest BCUT2D eigenvalue weighted by Gasteiger charge is -2.11. The maximum absolute atomic E-state index is 13.8. The number of hydrogen-bond acceptors (Lipinski definition) is 8. The van der Waals surface area contributed by atoms with Crippen LogP contribution in [0.25, 0.3) is 0 Å². The normalized spacial score (nSPS) is 12.9. The second-order valence-corrected chi connectivity index (χ2v) is 8.36. The number of nitrogens with zero attached hydrogens (tertiary/aromatic N) is 2. The van der Waals surface area contributed by atoms with E-state index in [1.807, 2.05) is 0 Å². The van der Waals surface area contributed by atoms with E-state index in [-0.39, 0.29) is 29.3 Å². The van der Waals surface area contributed by atoms with Gasteiger partial charge in [-0.25, -0.2) is 9.18 Å². The molecule has 2 heterocycles. The van der Waals surface area contributed by atoms with Gasteiger partial charge in [0.15, 0.2) is 23.5 Å². The summed E-state index contributed by atoms with van der Waals surface area (Å²) in [6, 6.07) is 6.02. The van der Waals surface area contributed by atoms with Gasteiger partial charge in [0.1, 0.15) is 0 Å². The van der Waals surface area contributed by atoms with Gasteiger partial charge >= 0.3 is 5.97 Å². The van der Waals surface area contributed by atoms with Crippen molar-refractivity contribution in [2.45, 2.75) is 51.2 Å². The third-order valence-electron chi connectivity index (χ3n) is 4.72. The van der Waals surface area contributed by atoms with Crippen molar-refractivity contribution in [2.75, 3.05) is 6.61 Å². The van der Waals surface area contributed by atoms with Gasteiger partial charge in [-0.2, -0.15) is 0 Å². The largest absolute Gasteiger partial charge is 0.478 e. The molecule has 170 valence electrons. The van der Waals surface area contributed by atoms with E-state index in [1.54, 1.807) is 46.8 Å². The lowest BCUT2D eigenvalue weighted by atomic mass is 10.1. The second-order valence-electron chi connectivity index (χ2n) is 7.07. The molecule has 0 amide bonds. The fourth-order valence-corrected chi connectivity index (χ4v) is 3.88. The van der Waals surface area contributed by atoms with Gasteiger partial charge in [0.25, 0.3) is 11.1 Å². The molecule has 0 saturated carbocycles. The zero-order valence-corrected chi connectivity index (χ0v) is 19.2. The van der Waals surface area contributed by atoms with Gasteiger partial charge in [0.05, 0.1) is 23.1 Å². The molecule has 8 nitrogen and oxygen atoms in total. The third-order valence-corrected chi connectivity index (χ3v) is 5.65. The van der Waals surface area contributed by atoms with E-state index in [4.69, 9.17) is 13.9 Å². The summed E-state index contributed by atoms with van der Waals surface area (Å²) in [7, 11) is 0. The number of benzene rings is 1. The van der Waals surface area contributed by atoms with Crippen LogP contribution in [0.2, 0.25) is 0 Å². The first-order valence-corrected chi connectivity index (χ1v) is 10.9. The molecule has 0 fully saturated rings. The maximum Gasteiger partial charge on any atom is 0.340 e. The first-order valence-electron chi connectivity index (χ1n) is 10.0. The number of aromatic amines is 1. The number of nitrogens with one attached hydrogen (secondary N) is 1. The van der Waals surface area contributed by atoms with Crippen molar-refractivity contribution in [1.82, 2.24) is 15.2 Å². The minimum atomic E-state index is -0.680. The highest BCUT2D eigenvalue weighted by atomic mass is 32.2. The number of halogens is 1. The first kappa shape index (κ1) is 23.5. The summed E-state index contributed by atoms with van der Waals surface area (Å²) in [5.74, 6) is -0.950. The molecule has 0 aliphatic rings. The average Bonchev–Trinajstić information content (AvgIpc) is 3.33.